The van der Waals surface area contributed by atoms with Crippen LogP contribution in [0.4, 0.5) is 0 Å². The molecule has 1 atom stereocenters. The number of carbonyl (C=O) groups is 1. The Morgan fingerprint density at radius 2 is 2.18 bits per heavy atom. The number of allylic oxidation sites excluding steroid dienone is 2. The first-order valence-corrected chi connectivity index (χ1v) is 4.23. The van der Waals surface area contributed by atoms with Crippen molar-refractivity contribution in [1.29, 1.82) is 0 Å². The molecule has 1 heterocycles. The van der Waals surface area contributed by atoms with Crippen LogP contribution in [-0.2, 0) is 4.79 Å². The molecule has 11 heavy (non-hydrogen) atoms. The van der Waals surface area contributed by atoms with Crippen molar-refractivity contribution in [2.24, 2.45) is 0 Å². The van der Waals surface area contributed by atoms with Crippen molar-refractivity contribution in [2.45, 2.75) is 38.6 Å². The summed E-state index contributed by atoms with van der Waals surface area (Å²) in [7, 11) is 0. The molecule has 0 aromatic rings. The predicted octanol–water partition coefficient (Wildman–Crippen LogP) is 1.62. The average molecular weight is 153 g/mol. The Morgan fingerprint density at radius 1 is 1.45 bits per heavy atom. The minimum atomic E-state index is 0.184. The van der Waals surface area contributed by atoms with Gasteiger partial charge in [-0.05, 0) is 26.2 Å². The summed E-state index contributed by atoms with van der Waals surface area (Å²) in [5.41, 5.74) is 0. The first-order chi connectivity index (χ1) is 5.29. The second kappa shape index (κ2) is 4.16. The van der Waals surface area contributed by atoms with Crippen molar-refractivity contribution in [3.63, 3.8) is 0 Å². The molecule has 1 aliphatic heterocycles. The average Bonchev–Trinajstić information content (AvgIpc) is 2.02. The van der Waals surface area contributed by atoms with Gasteiger partial charge in [-0.25, -0.2) is 0 Å². The molecular formula is C9H15NO. The van der Waals surface area contributed by atoms with Crippen molar-refractivity contribution in [3.8, 4) is 0 Å². The van der Waals surface area contributed by atoms with Gasteiger partial charge in [0.1, 0.15) is 0 Å². The van der Waals surface area contributed by atoms with Crippen LogP contribution in [0.1, 0.15) is 32.6 Å². The Morgan fingerprint density at radius 3 is 3.00 bits per heavy atom. The van der Waals surface area contributed by atoms with Crippen LogP contribution in [0, 0.1) is 0 Å². The van der Waals surface area contributed by atoms with Crippen molar-refractivity contribution in [2.75, 3.05) is 0 Å². The molecule has 0 spiro atoms. The first kappa shape index (κ1) is 8.31. The van der Waals surface area contributed by atoms with Gasteiger partial charge in [-0.3, -0.25) is 4.79 Å². The lowest BCUT2D eigenvalue weighted by molar-refractivity contribution is -0.121. The zero-order valence-corrected chi connectivity index (χ0v) is 6.97. The van der Waals surface area contributed by atoms with Gasteiger partial charge in [0, 0.05) is 12.5 Å². The Hall–Kier alpha value is -0.790. The van der Waals surface area contributed by atoms with E-state index in [4.69, 9.17) is 0 Å². The van der Waals surface area contributed by atoms with E-state index in [9.17, 15) is 4.79 Å². The third-order valence-corrected chi connectivity index (χ3v) is 1.88. The Bertz CT molecular complexity index is 163. The number of rotatable bonds is 0. The summed E-state index contributed by atoms with van der Waals surface area (Å²) in [5, 5.41) is 2.94. The molecule has 0 aliphatic carbocycles. The van der Waals surface area contributed by atoms with Crippen molar-refractivity contribution < 1.29 is 4.79 Å². The van der Waals surface area contributed by atoms with E-state index in [1.165, 1.54) is 0 Å². The largest absolute Gasteiger partial charge is 0.354 e. The van der Waals surface area contributed by atoms with Crippen LogP contribution in [0.3, 0.4) is 0 Å². The van der Waals surface area contributed by atoms with Crippen LogP contribution < -0.4 is 5.32 Å². The molecule has 1 rings (SSSR count). The fraction of sp³-hybridized carbons (Fsp3) is 0.667. The lowest BCUT2D eigenvalue weighted by Crippen LogP contribution is -2.31. The fourth-order valence-electron chi connectivity index (χ4n) is 1.22. The molecule has 0 aromatic heterocycles. The molecule has 0 saturated heterocycles. The minimum Gasteiger partial charge on any atom is -0.354 e. The van der Waals surface area contributed by atoms with Crippen LogP contribution in [0.15, 0.2) is 12.2 Å². The molecule has 2 heteroatoms. The summed E-state index contributed by atoms with van der Waals surface area (Å²) in [6.07, 6.45) is 7.93. The van der Waals surface area contributed by atoms with Gasteiger partial charge < -0.3 is 5.32 Å². The molecule has 1 unspecified atom stereocenters. The molecule has 1 amide bonds. The molecule has 0 bridgehead atoms. The van der Waals surface area contributed by atoms with Gasteiger partial charge >= 0.3 is 0 Å². The third-order valence-electron chi connectivity index (χ3n) is 1.88. The highest BCUT2D eigenvalue weighted by atomic mass is 16.1. The number of hydrogen-bond donors (Lipinski definition) is 1. The molecular weight excluding hydrogens is 138 g/mol. The van der Waals surface area contributed by atoms with Crippen LogP contribution in [0.5, 0.6) is 0 Å². The van der Waals surface area contributed by atoms with E-state index in [2.05, 4.69) is 24.4 Å². The lowest BCUT2D eigenvalue weighted by Gasteiger charge is -2.10. The summed E-state index contributed by atoms with van der Waals surface area (Å²) >= 11 is 0. The van der Waals surface area contributed by atoms with E-state index in [0.29, 0.717) is 12.5 Å². The van der Waals surface area contributed by atoms with E-state index in [1.807, 2.05) is 0 Å². The number of nitrogens with one attached hydrogen (secondary N) is 1. The zero-order chi connectivity index (χ0) is 8.10. The highest BCUT2D eigenvalue weighted by molar-refractivity contribution is 5.76. The first-order valence-electron chi connectivity index (χ1n) is 4.23. The quantitative estimate of drug-likeness (QED) is 0.526. The van der Waals surface area contributed by atoms with Crippen molar-refractivity contribution >= 4 is 5.91 Å². The Labute approximate surface area is 67.7 Å². The van der Waals surface area contributed by atoms with Gasteiger partial charge in [-0.15, -0.1) is 0 Å². The maximum atomic E-state index is 11.1. The van der Waals surface area contributed by atoms with Gasteiger partial charge in [0.15, 0.2) is 0 Å². The second-order valence-electron chi connectivity index (χ2n) is 3.06. The Balaban J connectivity index is 2.43. The standard InChI is InChI=1S/C9H15NO/c1-8-6-4-2-3-5-7-9(11)10-8/h2-3,8H,4-7H2,1H3,(H,10,11)/b3-2-. The number of amides is 1. The van der Waals surface area contributed by atoms with Crippen LogP contribution in [-0.4, -0.2) is 11.9 Å². The lowest BCUT2D eigenvalue weighted by atomic mass is 10.2. The SMILES string of the molecule is CC1CC/C=C\CCC(=O)N1. The van der Waals surface area contributed by atoms with Gasteiger partial charge in [0.05, 0.1) is 0 Å². The van der Waals surface area contributed by atoms with E-state index >= 15 is 0 Å². The van der Waals surface area contributed by atoms with Gasteiger partial charge in [-0.2, -0.15) is 0 Å². The van der Waals surface area contributed by atoms with Crippen LogP contribution >= 0.6 is 0 Å². The van der Waals surface area contributed by atoms with Crippen LogP contribution in [0.25, 0.3) is 0 Å². The van der Waals surface area contributed by atoms with Gasteiger partial charge in [0.2, 0.25) is 5.91 Å². The van der Waals surface area contributed by atoms with Gasteiger partial charge in [-0.1, -0.05) is 12.2 Å². The Kier molecular flexibility index (Phi) is 3.14. The topological polar surface area (TPSA) is 29.1 Å². The fourth-order valence-corrected chi connectivity index (χ4v) is 1.22. The molecule has 0 fully saturated rings. The second-order valence-corrected chi connectivity index (χ2v) is 3.06. The molecule has 0 saturated carbocycles. The molecule has 2 nitrogen and oxygen atoms in total. The van der Waals surface area contributed by atoms with Crippen molar-refractivity contribution in [1.82, 2.24) is 5.32 Å². The van der Waals surface area contributed by atoms with Crippen molar-refractivity contribution in [3.05, 3.63) is 12.2 Å². The minimum absolute atomic E-state index is 0.184. The van der Waals surface area contributed by atoms with Crippen LogP contribution in [0.2, 0.25) is 0 Å². The molecule has 1 N–H and O–H groups in total. The number of carbonyl (C=O) groups excluding carboxylic acids is 1. The van der Waals surface area contributed by atoms with Gasteiger partial charge in [0.25, 0.3) is 0 Å². The molecule has 62 valence electrons. The summed E-state index contributed by atoms with van der Waals surface area (Å²) in [6, 6.07) is 0.338. The molecule has 0 radical (unpaired) electrons. The van der Waals surface area contributed by atoms with E-state index in [0.717, 1.165) is 19.3 Å². The van der Waals surface area contributed by atoms with E-state index in [-0.39, 0.29) is 5.91 Å². The third kappa shape index (κ3) is 3.21. The highest BCUT2D eigenvalue weighted by Crippen LogP contribution is 2.03. The number of hydrogen-bond acceptors (Lipinski definition) is 1. The zero-order valence-electron chi connectivity index (χ0n) is 6.97. The summed E-state index contributed by atoms with van der Waals surface area (Å²) < 4.78 is 0. The highest BCUT2D eigenvalue weighted by Gasteiger charge is 2.06. The normalized spacial score (nSPS) is 29.5. The smallest absolute Gasteiger partial charge is 0.220 e. The van der Waals surface area contributed by atoms with E-state index < -0.39 is 0 Å². The molecule has 1 aliphatic rings. The summed E-state index contributed by atoms with van der Waals surface area (Å²) in [4.78, 5) is 11.1. The molecule has 0 aromatic carbocycles. The maximum absolute atomic E-state index is 11.1. The monoisotopic (exact) mass is 153 g/mol. The maximum Gasteiger partial charge on any atom is 0.220 e. The predicted molar refractivity (Wildman–Crippen MR) is 45.2 cm³/mol. The summed E-state index contributed by atoms with van der Waals surface area (Å²) in [5.74, 6) is 0.184. The summed E-state index contributed by atoms with van der Waals surface area (Å²) in [6.45, 7) is 2.05. The van der Waals surface area contributed by atoms with E-state index in [1.54, 1.807) is 0 Å².